The number of piperidine rings is 1. The van der Waals surface area contributed by atoms with Crippen LogP contribution in [0.1, 0.15) is 31.4 Å². The highest BCUT2D eigenvalue weighted by Crippen LogP contribution is 2.22. The van der Waals surface area contributed by atoms with E-state index in [0.29, 0.717) is 31.7 Å². The molecule has 2 aromatic rings. The molecule has 0 aliphatic carbocycles. The molecule has 7 heteroatoms. The Hall–Kier alpha value is -2.83. The van der Waals surface area contributed by atoms with E-state index in [2.05, 4.69) is 10.6 Å². The normalized spacial score (nSPS) is 16.8. The molecule has 0 unspecified atom stereocenters. The first-order valence-electron chi connectivity index (χ1n) is 9.21. The average Bonchev–Trinajstić information content (AvgIpc) is 3.18. The van der Waals surface area contributed by atoms with Crippen LogP contribution in [-0.4, -0.2) is 29.9 Å². The zero-order chi connectivity index (χ0) is 19.1. The van der Waals surface area contributed by atoms with Gasteiger partial charge in [0.2, 0.25) is 5.91 Å². The van der Waals surface area contributed by atoms with Crippen LogP contribution < -0.4 is 10.6 Å². The van der Waals surface area contributed by atoms with Crippen molar-refractivity contribution >= 4 is 17.6 Å². The minimum absolute atomic E-state index is 0.0206. The lowest BCUT2D eigenvalue weighted by atomic mass is 9.93. The van der Waals surface area contributed by atoms with Gasteiger partial charge >= 0.3 is 6.03 Å². The summed E-state index contributed by atoms with van der Waals surface area (Å²) in [5.41, 5.74) is 0.444. The topological polar surface area (TPSA) is 74.6 Å². The lowest BCUT2D eigenvalue weighted by Crippen LogP contribution is -2.42. The highest BCUT2D eigenvalue weighted by Gasteiger charge is 2.24. The summed E-state index contributed by atoms with van der Waals surface area (Å²) in [7, 11) is 0. The van der Waals surface area contributed by atoms with E-state index < -0.39 is 0 Å². The monoisotopic (exact) mass is 373 g/mol. The molecule has 0 saturated carbocycles. The van der Waals surface area contributed by atoms with Gasteiger partial charge in [-0.1, -0.05) is 6.07 Å². The van der Waals surface area contributed by atoms with Crippen molar-refractivity contribution in [1.82, 2.24) is 10.2 Å². The van der Waals surface area contributed by atoms with Crippen molar-refractivity contribution < 1.29 is 18.4 Å². The predicted molar refractivity (Wildman–Crippen MR) is 99.5 cm³/mol. The molecule has 0 bridgehead atoms. The summed E-state index contributed by atoms with van der Waals surface area (Å²) >= 11 is 0. The third-order valence-corrected chi connectivity index (χ3v) is 4.70. The summed E-state index contributed by atoms with van der Waals surface area (Å²) in [6.45, 7) is 1.66. The number of halogens is 1. The van der Waals surface area contributed by atoms with Gasteiger partial charge in [-0.2, -0.15) is 0 Å². The molecule has 1 aliphatic heterocycles. The number of rotatable bonds is 6. The molecule has 6 nitrogen and oxygen atoms in total. The van der Waals surface area contributed by atoms with E-state index in [1.165, 1.54) is 12.1 Å². The number of carbonyl (C=O) groups excluding carboxylic acids is 2. The number of urea groups is 1. The van der Waals surface area contributed by atoms with Crippen LogP contribution in [0, 0.1) is 11.7 Å². The molecule has 0 radical (unpaired) electrons. The summed E-state index contributed by atoms with van der Waals surface area (Å²) in [6, 6.07) is 9.22. The second kappa shape index (κ2) is 9.21. The highest BCUT2D eigenvalue weighted by atomic mass is 19.1. The van der Waals surface area contributed by atoms with Gasteiger partial charge in [0.05, 0.1) is 12.8 Å². The van der Waals surface area contributed by atoms with Gasteiger partial charge in [-0.05, 0) is 55.5 Å². The van der Waals surface area contributed by atoms with Gasteiger partial charge in [-0.15, -0.1) is 0 Å². The number of nitrogens with one attached hydrogen (secondary N) is 2. The Morgan fingerprint density at radius 3 is 2.93 bits per heavy atom. The van der Waals surface area contributed by atoms with Crippen molar-refractivity contribution in [3.8, 4) is 0 Å². The predicted octanol–water partition coefficient (Wildman–Crippen LogP) is 3.76. The molecule has 144 valence electrons. The lowest BCUT2D eigenvalue weighted by molar-refractivity contribution is -0.121. The Bertz CT molecular complexity index is 764. The van der Waals surface area contributed by atoms with Crippen molar-refractivity contribution in [3.63, 3.8) is 0 Å². The van der Waals surface area contributed by atoms with Gasteiger partial charge in [0.1, 0.15) is 11.6 Å². The van der Waals surface area contributed by atoms with E-state index in [4.69, 9.17) is 4.42 Å². The number of carbonyl (C=O) groups is 2. The van der Waals surface area contributed by atoms with E-state index >= 15 is 0 Å². The third-order valence-electron chi connectivity index (χ3n) is 4.70. The molecular formula is C20H24FN3O3. The van der Waals surface area contributed by atoms with Gasteiger partial charge in [0, 0.05) is 25.2 Å². The number of hydrogen-bond donors (Lipinski definition) is 2. The first-order chi connectivity index (χ1) is 13.1. The zero-order valence-electron chi connectivity index (χ0n) is 15.1. The fourth-order valence-corrected chi connectivity index (χ4v) is 3.28. The molecule has 1 aromatic carbocycles. The smallest absolute Gasteiger partial charge is 0.321 e. The SMILES string of the molecule is O=C(CC[C@@H]1CCCN(C(=O)Nc2cccc(F)c2)C1)NCc1ccco1. The molecule has 2 heterocycles. The Morgan fingerprint density at radius 1 is 1.26 bits per heavy atom. The van der Waals surface area contributed by atoms with E-state index in [1.807, 2.05) is 6.07 Å². The molecule has 0 spiro atoms. The van der Waals surface area contributed by atoms with Crippen LogP contribution in [0.5, 0.6) is 0 Å². The van der Waals surface area contributed by atoms with Crippen LogP contribution in [-0.2, 0) is 11.3 Å². The summed E-state index contributed by atoms with van der Waals surface area (Å²) in [6.07, 6.45) is 4.62. The number of benzene rings is 1. The Kier molecular flexibility index (Phi) is 6.46. The molecule has 3 rings (SSSR count). The van der Waals surface area contributed by atoms with Gasteiger partial charge < -0.3 is 20.0 Å². The first-order valence-corrected chi connectivity index (χ1v) is 9.21. The molecule has 27 heavy (non-hydrogen) atoms. The maximum absolute atomic E-state index is 13.2. The fraction of sp³-hybridized carbons (Fsp3) is 0.400. The van der Waals surface area contributed by atoms with Gasteiger partial charge in [-0.3, -0.25) is 4.79 Å². The number of furan rings is 1. The van der Waals surface area contributed by atoms with Crippen molar-refractivity contribution in [2.24, 2.45) is 5.92 Å². The van der Waals surface area contributed by atoms with Crippen LogP contribution >= 0.6 is 0 Å². The second-order valence-corrected chi connectivity index (χ2v) is 6.79. The maximum Gasteiger partial charge on any atom is 0.321 e. The van der Waals surface area contributed by atoms with Crippen LogP contribution in [0.2, 0.25) is 0 Å². The first kappa shape index (κ1) is 18.9. The Morgan fingerprint density at radius 2 is 2.15 bits per heavy atom. The number of likely N-dealkylation sites (tertiary alicyclic amines) is 1. The summed E-state index contributed by atoms with van der Waals surface area (Å²) in [5, 5.41) is 5.57. The van der Waals surface area contributed by atoms with Crippen molar-refractivity contribution in [2.75, 3.05) is 18.4 Å². The molecule has 1 aliphatic rings. The number of hydrogen-bond acceptors (Lipinski definition) is 3. The summed E-state index contributed by atoms with van der Waals surface area (Å²) < 4.78 is 18.4. The molecule has 3 amide bonds. The van der Waals surface area contributed by atoms with Crippen molar-refractivity contribution in [3.05, 3.63) is 54.2 Å². The van der Waals surface area contributed by atoms with Crippen LogP contribution in [0.3, 0.4) is 0 Å². The summed E-state index contributed by atoms with van der Waals surface area (Å²) in [5.74, 6) is 0.602. The minimum atomic E-state index is -0.384. The largest absolute Gasteiger partial charge is 0.467 e. The lowest BCUT2D eigenvalue weighted by Gasteiger charge is -2.32. The molecule has 1 saturated heterocycles. The van der Waals surface area contributed by atoms with Crippen LogP contribution in [0.4, 0.5) is 14.9 Å². The highest BCUT2D eigenvalue weighted by molar-refractivity contribution is 5.89. The molecule has 1 aromatic heterocycles. The zero-order valence-corrected chi connectivity index (χ0v) is 15.1. The molecule has 1 atom stereocenters. The Labute approximate surface area is 157 Å². The van der Waals surface area contributed by atoms with Crippen LogP contribution in [0.15, 0.2) is 47.1 Å². The Balaban J connectivity index is 1.41. The molecular weight excluding hydrogens is 349 g/mol. The van der Waals surface area contributed by atoms with E-state index in [0.717, 1.165) is 25.0 Å². The molecule has 1 fully saturated rings. The van der Waals surface area contributed by atoms with Crippen molar-refractivity contribution in [2.45, 2.75) is 32.2 Å². The third kappa shape index (κ3) is 5.84. The number of nitrogens with zero attached hydrogens (tertiary/aromatic N) is 1. The van der Waals surface area contributed by atoms with Crippen molar-refractivity contribution in [1.29, 1.82) is 0 Å². The van der Waals surface area contributed by atoms with E-state index in [1.54, 1.807) is 29.4 Å². The standard InChI is InChI=1S/C20H24FN3O3/c21-16-5-1-6-17(12-16)23-20(26)24-10-2-4-15(14-24)8-9-19(25)22-13-18-7-3-11-27-18/h1,3,5-7,11-12,15H,2,4,8-10,13-14H2,(H,22,25)(H,23,26)/t15-/m0/s1. The van der Waals surface area contributed by atoms with E-state index in [-0.39, 0.29) is 23.7 Å². The van der Waals surface area contributed by atoms with Crippen LogP contribution in [0.25, 0.3) is 0 Å². The number of amides is 3. The van der Waals surface area contributed by atoms with Gasteiger partial charge in [-0.25, -0.2) is 9.18 Å². The van der Waals surface area contributed by atoms with Gasteiger partial charge in [0.25, 0.3) is 0 Å². The van der Waals surface area contributed by atoms with Gasteiger partial charge in [0.15, 0.2) is 0 Å². The second-order valence-electron chi connectivity index (χ2n) is 6.79. The molecule has 2 N–H and O–H groups in total. The average molecular weight is 373 g/mol. The minimum Gasteiger partial charge on any atom is -0.467 e. The quantitative estimate of drug-likeness (QED) is 0.810. The van der Waals surface area contributed by atoms with E-state index in [9.17, 15) is 14.0 Å². The summed E-state index contributed by atoms with van der Waals surface area (Å²) in [4.78, 5) is 26.1. The maximum atomic E-state index is 13.2. The number of anilines is 1. The fourth-order valence-electron chi connectivity index (χ4n) is 3.28.